The summed E-state index contributed by atoms with van der Waals surface area (Å²) in [7, 11) is 0. The first-order chi connectivity index (χ1) is 8.67. The molecule has 2 amide bonds. The van der Waals surface area contributed by atoms with Crippen molar-refractivity contribution in [2.24, 2.45) is 0 Å². The van der Waals surface area contributed by atoms with E-state index in [9.17, 15) is 9.59 Å². The fraction of sp³-hybridized carbons (Fsp3) is 0.846. The number of rotatable bonds is 6. The van der Waals surface area contributed by atoms with E-state index in [0.717, 1.165) is 39.0 Å². The lowest BCUT2D eigenvalue weighted by Gasteiger charge is -2.32. The van der Waals surface area contributed by atoms with Gasteiger partial charge in [0.2, 0.25) is 11.8 Å². The molecular weight excluding hydrogens is 230 g/mol. The fourth-order valence-corrected chi connectivity index (χ4v) is 2.13. The summed E-state index contributed by atoms with van der Waals surface area (Å²) >= 11 is 0. The number of piperidine rings is 1. The highest BCUT2D eigenvalue weighted by atomic mass is 16.2. The van der Waals surface area contributed by atoms with Gasteiger partial charge in [0.25, 0.3) is 0 Å². The van der Waals surface area contributed by atoms with Crippen LogP contribution in [0.1, 0.15) is 39.5 Å². The zero-order valence-corrected chi connectivity index (χ0v) is 11.5. The third-order valence-electron chi connectivity index (χ3n) is 3.30. The Balaban J connectivity index is 2.22. The van der Waals surface area contributed by atoms with Crippen LogP contribution in [0.2, 0.25) is 0 Å². The number of nitrogens with one attached hydrogen (secondary N) is 2. The summed E-state index contributed by atoms with van der Waals surface area (Å²) in [6.45, 7) is 7.07. The molecule has 0 atom stereocenters. The quantitative estimate of drug-likeness (QED) is 0.680. The van der Waals surface area contributed by atoms with Crippen LogP contribution in [0.5, 0.6) is 0 Å². The molecule has 0 saturated carbocycles. The van der Waals surface area contributed by atoms with Gasteiger partial charge in [0.05, 0.1) is 0 Å². The number of carbonyl (C=O) groups excluding carboxylic acids is 2. The lowest BCUT2D eigenvalue weighted by Crippen LogP contribution is -2.46. The van der Waals surface area contributed by atoms with E-state index >= 15 is 0 Å². The number of hydrogen-bond donors (Lipinski definition) is 2. The monoisotopic (exact) mass is 255 g/mol. The minimum Gasteiger partial charge on any atom is -0.353 e. The molecule has 0 aromatic carbocycles. The van der Waals surface area contributed by atoms with Crippen LogP contribution >= 0.6 is 0 Å². The van der Waals surface area contributed by atoms with Crippen molar-refractivity contribution in [3.8, 4) is 0 Å². The number of nitrogens with zero attached hydrogens (tertiary/aromatic N) is 1. The first kappa shape index (κ1) is 15.0. The van der Waals surface area contributed by atoms with Gasteiger partial charge in [-0.3, -0.25) is 9.59 Å². The largest absolute Gasteiger partial charge is 0.353 e. The number of amides is 2. The second-order valence-corrected chi connectivity index (χ2v) is 4.68. The van der Waals surface area contributed by atoms with Gasteiger partial charge in [0.1, 0.15) is 0 Å². The van der Waals surface area contributed by atoms with Crippen molar-refractivity contribution < 1.29 is 9.59 Å². The number of carbonyl (C=O) groups is 2. The van der Waals surface area contributed by atoms with Crippen LogP contribution in [0, 0.1) is 0 Å². The van der Waals surface area contributed by atoms with Crippen molar-refractivity contribution in [3.05, 3.63) is 0 Å². The van der Waals surface area contributed by atoms with Gasteiger partial charge in [0.15, 0.2) is 0 Å². The third kappa shape index (κ3) is 5.04. The van der Waals surface area contributed by atoms with Crippen LogP contribution in [-0.2, 0) is 9.59 Å². The maximum atomic E-state index is 11.9. The van der Waals surface area contributed by atoms with Gasteiger partial charge in [0, 0.05) is 38.5 Å². The zero-order chi connectivity index (χ0) is 13.4. The first-order valence-corrected chi connectivity index (χ1v) is 6.95. The van der Waals surface area contributed by atoms with Crippen LogP contribution in [0.4, 0.5) is 0 Å². The fourth-order valence-electron chi connectivity index (χ4n) is 2.13. The summed E-state index contributed by atoms with van der Waals surface area (Å²) in [6.07, 6.45) is 2.85. The number of hydrogen-bond acceptors (Lipinski definition) is 3. The van der Waals surface area contributed by atoms with E-state index in [1.165, 1.54) is 0 Å². The molecule has 0 aromatic heterocycles. The average Bonchev–Trinajstić information content (AvgIpc) is 2.39. The van der Waals surface area contributed by atoms with E-state index in [1.54, 1.807) is 0 Å². The second-order valence-electron chi connectivity index (χ2n) is 4.68. The summed E-state index contributed by atoms with van der Waals surface area (Å²) in [5.74, 6) is 0.322. The molecule has 104 valence electrons. The highest BCUT2D eigenvalue weighted by Gasteiger charge is 2.22. The van der Waals surface area contributed by atoms with Crippen molar-refractivity contribution in [1.82, 2.24) is 15.5 Å². The Kier molecular flexibility index (Phi) is 6.72. The van der Waals surface area contributed by atoms with Crippen LogP contribution in [0.15, 0.2) is 0 Å². The molecule has 1 heterocycles. The van der Waals surface area contributed by atoms with Crippen molar-refractivity contribution >= 4 is 11.8 Å². The Bertz CT molecular complexity index is 273. The molecule has 0 aliphatic carbocycles. The summed E-state index contributed by atoms with van der Waals surface area (Å²) in [5, 5.41) is 6.15. The molecule has 0 bridgehead atoms. The van der Waals surface area contributed by atoms with Gasteiger partial charge in [-0.05, 0) is 19.4 Å². The van der Waals surface area contributed by atoms with Crippen molar-refractivity contribution in [2.45, 2.75) is 45.6 Å². The Labute approximate surface area is 109 Å². The predicted molar refractivity (Wildman–Crippen MR) is 71.2 cm³/mol. The van der Waals surface area contributed by atoms with E-state index < -0.39 is 0 Å². The molecule has 2 N–H and O–H groups in total. The third-order valence-corrected chi connectivity index (χ3v) is 3.30. The predicted octanol–water partition coefficient (Wildman–Crippen LogP) is 0.503. The topological polar surface area (TPSA) is 61.4 Å². The van der Waals surface area contributed by atoms with Gasteiger partial charge in [-0.15, -0.1) is 0 Å². The van der Waals surface area contributed by atoms with Crippen molar-refractivity contribution in [2.75, 3.05) is 26.2 Å². The molecular formula is C13H25N3O2. The summed E-state index contributed by atoms with van der Waals surface area (Å²) < 4.78 is 0. The SMILES string of the molecule is CCNCCC(=O)N1CCC(NC(=O)CC)CC1. The molecule has 0 spiro atoms. The smallest absolute Gasteiger partial charge is 0.223 e. The van der Waals surface area contributed by atoms with Crippen LogP contribution in [-0.4, -0.2) is 48.9 Å². The van der Waals surface area contributed by atoms with Gasteiger partial charge < -0.3 is 15.5 Å². The van der Waals surface area contributed by atoms with Gasteiger partial charge in [-0.2, -0.15) is 0 Å². The van der Waals surface area contributed by atoms with E-state index in [1.807, 2.05) is 18.7 Å². The molecule has 1 rings (SSSR count). The minimum absolute atomic E-state index is 0.104. The van der Waals surface area contributed by atoms with Gasteiger partial charge in [-0.25, -0.2) is 0 Å². The Morgan fingerprint density at radius 3 is 2.44 bits per heavy atom. The highest BCUT2D eigenvalue weighted by molar-refractivity contribution is 5.77. The standard InChI is InChI=1S/C13H25N3O2/c1-3-12(17)15-11-6-9-16(10-7-11)13(18)5-8-14-4-2/h11,14H,3-10H2,1-2H3,(H,15,17). The average molecular weight is 255 g/mol. The lowest BCUT2D eigenvalue weighted by molar-refractivity contribution is -0.132. The van der Waals surface area contributed by atoms with Crippen LogP contribution < -0.4 is 10.6 Å². The normalized spacial score (nSPS) is 16.7. The Morgan fingerprint density at radius 2 is 1.89 bits per heavy atom. The molecule has 1 aliphatic heterocycles. The molecule has 5 nitrogen and oxygen atoms in total. The first-order valence-electron chi connectivity index (χ1n) is 6.95. The van der Waals surface area contributed by atoms with Crippen LogP contribution in [0.25, 0.3) is 0 Å². The van der Waals surface area contributed by atoms with E-state index in [2.05, 4.69) is 10.6 Å². The molecule has 1 saturated heterocycles. The second kappa shape index (κ2) is 8.08. The molecule has 0 unspecified atom stereocenters. The zero-order valence-electron chi connectivity index (χ0n) is 11.5. The summed E-state index contributed by atoms with van der Waals surface area (Å²) in [5.41, 5.74) is 0. The van der Waals surface area contributed by atoms with Crippen LogP contribution in [0.3, 0.4) is 0 Å². The minimum atomic E-state index is 0.104. The highest BCUT2D eigenvalue weighted by Crippen LogP contribution is 2.11. The molecule has 1 fully saturated rings. The van der Waals surface area contributed by atoms with E-state index in [-0.39, 0.29) is 17.9 Å². The molecule has 1 aliphatic rings. The Morgan fingerprint density at radius 1 is 1.22 bits per heavy atom. The summed E-state index contributed by atoms with van der Waals surface area (Å²) in [4.78, 5) is 25.0. The molecule has 0 aromatic rings. The van der Waals surface area contributed by atoms with Crippen molar-refractivity contribution in [1.29, 1.82) is 0 Å². The lowest BCUT2D eigenvalue weighted by atomic mass is 10.0. The maximum absolute atomic E-state index is 11.9. The molecule has 0 radical (unpaired) electrons. The van der Waals surface area contributed by atoms with Gasteiger partial charge >= 0.3 is 0 Å². The molecule has 18 heavy (non-hydrogen) atoms. The van der Waals surface area contributed by atoms with E-state index in [4.69, 9.17) is 0 Å². The van der Waals surface area contributed by atoms with E-state index in [0.29, 0.717) is 12.8 Å². The summed E-state index contributed by atoms with van der Waals surface area (Å²) in [6, 6.07) is 0.246. The maximum Gasteiger partial charge on any atom is 0.223 e. The van der Waals surface area contributed by atoms with Gasteiger partial charge in [-0.1, -0.05) is 13.8 Å². The molecule has 5 heteroatoms. The van der Waals surface area contributed by atoms with Crippen molar-refractivity contribution in [3.63, 3.8) is 0 Å². The number of likely N-dealkylation sites (tertiary alicyclic amines) is 1. The Hall–Kier alpha value is -1.10.